The number of aliphatic hydroxyl groups excluding tert-OH is 2. The number of nitrogens with one attached hydrogen (secondary N) is 4. The van der Waals surface area contributed by atoms with Crippen molar-refractivity contribution in [3.8, 4) is 0 Å². The number of hydrogen-bond acceptors (Lipinski definition) is 14. The Morgan fingerprint density at radius 2 is 1.65 bits per heavy atom. The minimum Gasteiger partial charge on any atom is -0.458 e. The zero-order valence-electron chi connectivity index (χ0n) is 36.1. The number of rotatable bonds is 14. The van der Waals surface area contributed by atoms with E-state index in [4.69, 9.17) is 20.8 Å². The Morgan fingerprint density at radius 1 is 1.00 bits per heavy atom. The molecule has 0 aliphatic carbocycles. The van der Waals surface area contributed by atoms with Gasteiger partial charge in [-0.05, 0) is 50.0 Å². The highest BCUT2D eigenvalue weighted by Crippen LogP contribution is 2.26. The SMILES string of the molecule is CC[C@@H](C)C1NC(=O)[C@H](Cc2ccccc2)N(C)C(=O)[C@H](C(C)C)N2C(=O)[C@H](CC[C@H]2O)NC(=O)[C@H](CCCN=C(N)N)NC(=O)[C@@H](NC(=O)C(O)COS(=O)(=O)O)[C@H](C)OC1=O. The van der Waals surface area contributed by atoms with Gasteiger partial charge in [-0.2, -0.15) is 8.42 Å². The van der Waals surface area contributed by atoms with Crippen LogP contribution in [0.4, 0.5) is 0 Å². The van der Waals surface area contributed by atoms with E-state index in [0.717, 1.165) is 9.80 Å². The lowest BCUT2D eigenvalue weighted by Crippen LogP contribution is -2.66. The van der Waals surface area contributed by atoms with E-state index in [9.17, 15) is 52.2 Å². The highest BCUT2D eigenvalue weighted by atomic mass is 32.3. The molecule has 23 nitrogen and oxygen atoms in total. The number of carbonyl (C=O) groups is 7. The average molecular weight is 912 g/mol. The van der Waals surface area contributed by atoms with Crippen molar-refractivity contribution >= 4 is 57.8 Å². The largest absolute Gasteiger partial charge is 0.458 e. The summed E-state index contributed by atoms with van der Waals surface area (Å²) in [6, 6.07) is -0.176. The van der Waals surface area contributed by atoms with Crippen molar-refractivity contribution in [2.75, 3.05) is 20.2 Å². The van der Waals surface area contributed by atoms with Gasteiger partial charge < -0.3 is 57.5 Å². The number of likely N-dealkylation sites (N-methyl/N-ethyl adjacent to an activating group) is 1. The number of nitrogens with zero attached hydrogens (tertiary/aromatic N) is 3. The van der Waals surface area contributed by atoms with Crippen molar-refractivity contribution in [2.24, 2.45) is 28.3 Å². The molecule has 2 saturated heterocycles. The monoisotopic (exact) mass is 911 g/mol. The number of nitrogens with two attached hydrogens (primary N) is 2. The standard InChI is InChI=1S/C39H61N9O14S/c1-7-21(4)29-38(57)62-22(5)30(46-34(53)27(49)19-61-63(58,59)60)35(54)43-24(14-11-17-42-39(40)41)32(51)44-25-15-16-28(50)48(36(25)55)31(20(2)3)37(56)47(6)26(33(52)45-29)18-23-12-9-8-10-13-23/h8-10,12-13,20-22,24-31,49-50H,7,11,14-19H2,1-6H3,(H,43,54)(H,44,51)(H,45,52)(H,46,53)(H4,40,41,42)(H,58,59,60)/t21-,22+,24+,25+,26+,27?,28-,29?,30+,31+/m1/s1. The third-order valence-electron chi connectivity index (χ3n) is 10.8. The summed E-state index contributed by atoms with van der Waals surface area (Å²) in [5, 5.41) is 31.6. The van der Waals surface area contributed by atoms with Crippen molar-refractivity contribution in [1.82, 2.24) is 31.1 Å². The molecule has 2 unspecified atom stereocenters. The molecule has 0 spiro atoms. The maximum Gasteiger partial charge on any atom is 0.397 e. The first-order valence-corrected chi connectivity index (χ1v) is 21.9. The molecule has 63 heavy (non-hydrogen) atoms. The Labute approximate surface area is 366 Å². The third-order valence-corrected chi connectivity index (χ3v) is 11.3. The molecule has 3 rings (SSSR count). The van der Waals surface area contributed by atoms with Crippen LogP contribution in [0.15, 0.2) is 35.3 Å². The molecule has 2 aliphatic rings. The van der Waals surface area contributed by atoms with Gasteiger partial charge in [0.25, 0.3) is 5.91 Å². The first-order valence-electron chi connectivity index (χ1n) is 20.5. The second-order valence-electron chi connectivity index (χ2n) is 15.9. The van der Waals surface area contributed by atoms with Crippen LogP contribution in [-0.2, 0) is 59.3 Å². The first kappa shape index (κ1) is 51.9. The van der Waals surface area contributed by atoms with E-state index in [2.05, 4.69) is 30.4 Å². The summed E-state index contributed by atoms with van der Waals surface area (Å²) in [4.78, 5) is 105. The maximum atomic E-state index is 14.6. The highest BCUT2D eigenvalue weighted by Gasteiger charge is 2.46. The van der Waals surface area contributed by atoms with Gasteiger partial charge in [-0.15, -0.1) is 0 Å². The highest BCUT2D eigenvalue weighted by molar-refractivity contribution is 7.80. The van der Waals surface area contributed by atoms with Gasteiger partial charge in [-0.1, -0.05) is 64.4 Å². The summed E-state index contributed by atoms with van der Waals surface area (Å²) in [5.74, 6) is -8.48. The van der Waals surface area contributed by atoms with Crippen LogP contribution in [0.2, 0.25) is 0 Å². The number of guanidine groups is 1. The summed E-state index contributed by atoms with van der Waals surface area (Å²) in [5.41, 5.74) is 11.5. The van der Waals surface area contributed by atoms with E-state index in [0.29, 0.717) is 12.0 Å². The number of esters is 1. The molecule has 24 heteroatoms. The van der Waals surface area contributed by atoms with E-state index in [-0.39, 0.29) is 44.6 Å². The van der Waals surface area contributed by atoms with Crippen molar-refractivity contribution in [3.05, 3.63) is 35.9 Å². The average Bonchev–Trinajstić information content (AvgIpc) is 3.21. The maximum absolute atomic E-state index is 14.6. The number of amides is 6. The number of carbonyl (C=O) groups excluding carboxylic acids is 7. The van der Waals surface area contributed by atoms with Crippen LogP contribution >= 0.6 is 0 Å². The fraction of sp³-hybridized carbons (Fsp3) is 0.641. The Morgan fingerprint density at radius 3 is 2.24 bits per heavy atom. The molecule has 2 heterocycles. The summed E-state index contributed by atoms with van der Waals surface area (Å²) in [7, 11) is -3.76. The minimum atomic E-state index is -5.12. The van der Waals surface area contributed by atoms with Gasteiger partial charge in [0.15, 0.2) is 12.1 Å². The zero-order chi connectivity index (χ0) is 47.3. The van der Waals surface area contributed by atoms with Crippen molar-refractivity contribution in [3.63, 3.8) is 0 Å². The fourth-order valence-electron chi connectivity index (χ4n) is 7.11. The van der Waals surface area contributed by atoms with Gasteiger partial charge in [-0.3, -0.25) is 38.3 Å². The summed E-state index contributed by atoms with van der Waals surface area (Å²) in [6.07, 6.45) is -5.46. The number of hydrogen-bond donors (Lipinski definition) is 9. The van der Waals surface area contributed by atoms with E-state index in [1.165, 1.54) is 14.0 Å². The van der Waals surface area contributed by atoms with Crippen LogP contribution in [0.5, 0.6) is 0 Å². The van der Waals surface area contributed by atoms with Gasteiger partial charge in [-0.25, -0.2) is 8.98 Å². The van der Waals surface area contributed by atoms with Crippen LogP contribution in [0.1, 0.15) is 72.3 Å². The molecule has 352 valence electrons. The number of piperidine rings is 1. The topological polar surface area (TPSA) is 352 Å². The third kappa shape index (κ3) is 14.8. The lowest BCUT2D eigenvalue weighted by Gasteiger charge is -2.44. The van der Waals surface area contributed by atoms with Gasteiger partial charge in [0.1, 0.15) is 55.2 Å². The molecule has 0 radical (unpaired) electrons. The summed E-state index contributed by atoms with van der Waals surface area (Å²) in [6.45, 7) is 6.54. The number of ether oxygens (including phenoxy) is 1. The molecule has 0 aromatic heterocycles. The van der Waals surface area contributed by atoms with Crippen molar-refractivity contribution in [1.29, 1.82) is 0 Å². The predicted molar refractivity (Wildman–Crippen MR) is 224 cm³/mol. The summed E-state index contributed by atoms with van der Waals surface area (Å²) < 4.78 is 41.0. The normalized spacial score (nSPS) is 26.8. The molecule has 0 saturated carbocycles. The molecule has 2 bridgehead atoms. The van der Waals surface area contributed by atoms with E-state index < -0.39 is 125 Å². The summed E-state index contributed by atoms with van der Waals surface area (Å²) >= 11 is 0. The van der Waals surface area contributed by atoms with Gasteiger partial charge in [0.2, 0.25) is 29.5 Å². The van der Waals surface area contributed by atoms with Crippen molar-refractivity contribution < 1.29 is 65.7 Å². The van der Waals surface area contributed by atoms with Gasteiger partial charge in [0.05, 0.1) is 0 Å². The fourth-order valence-corrected chi connectivity index (χ4v) is 7.41. The minimum absolute atomic E-state index is 0.0157. The van der Waals surface area contributed by atoms with Gasteiger partial charge in [0, 0.05) is 20.0 Å². The van der Waals surface area contributed by atoms with E-state index in [1.807, 2.05) is 0 Å². The van der Waals surface area contributed by atoms with Crippen LogP contribution in [0.3, 0.4) is 0 Å². The number of fused-ring (bicyclic) bond motifs is 2. The molecule has 10 atom stereocenters. The Hall–Kier alpha value is -5.43. The quantitative estimate of drug-likeness (QED) is 0.0299. The number of benzene rings is 1. The Kier molecular flexibility index (Phi) is 19.2. The molecular formula is C39H61N9O14S. The molecule has 11 N–H and O–H groups in total. The van der Waals surface area contributed by atoms with Gasteiger partial charge >= 0.3 is 16.4 Å². The second kappa shape index (κ2) is 23.3. The number of cyclic esters (lactones) is 1. The molecule has 6 amide bonds. The Balaban J connectivity index is 2.22. The van der Waals surface area contributed by atoms with Crippen LogP contribution in [0.25, 0.3) is 0 Å². The zero-order valence-corrected chi connectivity index (χ0v) is 36.9. The second-order valence-corrected chi connectivity index (χ2v) is 17.0. The molecule has 1 aromatic carbocycles. The van der Waals surface area contributed by atoms with Crippen LogP contribution in [0, 0.1) is 11.8 Å². The molecular weight excluding hydrogens is 851 g/mol. The molecule has 2 aliphatic heterocycles. The number of aliphatic hydroxyl groups is 2. The Bertz CT molecular complexity index is 1930. The van der Waals surface area contributed by atoms with E-state index in [1.54, 1.807) is 58.0 Å². The van der Waals surface area contributed by atoms with E-state index >= 15 is 0 Å². The first-order chi connectivity index (χ1) is 29.5. The van der Waals surface area contributed by atoms with Crippen molar-refractivity contribution in [2.45, 2.75) is 128 Å². The predicted octanol–water partition coefficient (Wildman–Crippen LogP) is -2.81. The smallest absolute Gasteiger partial charge is 0.397 e. The van der Waals surface area contributed by atoms with Crippen LogP contribution in [-0.4, -0.2) is 155 Å². The molecule has 2 fully saturated rings. The lowest BCUT2D eigenvalue weighted by atomic mass is 9.93. The lowest BCUT2D eigenvalue weighted by molar-refractivity contribution is -0.167. The molecule has 1 aromatic rings. The number of aliphatic imine (C=N–C) groups is 1. The van der Waals surface area contributed by atoms with Crippen LogP contribution < -0.4 is 32.7 Å².